The second-order valence-electron chi connectivity index (χ2n) is 4.76. The van der Waals surface area contributed by atoms with Crippen molar-refractivity contribution >= 4 is 15.9 Å². The van der Waals surface area contributed by atoms with Gasteiger partial charge in [-0.25, -0.2) is 13.6 Å². The Hall–Kier alpha value is -0.620. The van der Waals surface area contributed by atoms with Crippen LogP contribution in [-0.2, 0) is 14.8 Å². The van der Waals surface area contributed by atoms with E-state index in [4.69, 9.17) is 5.14 Å². The minimum Gasteiger partial charge on any atom is -0.356 e. The van der Waals surface area contributed by atoms with Crippen molar-refractivity contribution in [3.8, 4) is 0 Å². The van der Waals surface area contributed by atoms with Gasteiger partial charge < -0.3 is 5.32 Å². The van der Waals surface area contributed by atoms with Gasteiger partial charge in [0.1, 0.15) is 0 Å². The third kappa shape index (κ3) is 4.17. The van der Waals surface area contributed by atoms with E-state index in [0.717, 1.165) is 6.42 Å². The van der Waals surface area contributed by atoms with Crippen LogP contribution in [0.3, 0.4) is 0 Å². The number of hydrogen-bond donors (Lipinski definition) is 2. The maximum Gasteiger partial charge on any atom is 0.223 e. The summed E-state index contributed by atoms with van der Waals surface area (Å²) in [4.78, 5) is 11.5. The summed E-state index contributed by atoms with van der Waals surface area (Å²) >= 11 is 0. The monoisotopic (exact) mass is 234 g/mol. The second-order valence-corrected chi connectivity index (χ2v) is 6.49. The van der Waals surface area contributed by atoms with E-state index in [1.807, 2.05) is 13.8 Å². The Morgan fingerprint density at radius 2 is 2.07 bits per heavy atom. The molecule has 1 aliphatic carbocycles. The summed E-state index contributed by atoms with van der Waals surface area (Å²) < 4.78 is 21.2. The first kappa shape index (κ1) is 12.4. The fraction of sp³-hybridized carbons (Fsp3) is 0.889. The number of carbonyl (C=O) groups excluding carboxylic acids is 1. The predicted molar refractivity (Wildman–Crippen MR) is 57.5 cm³/mol. The summed E-state index contributed by atoms with van der Waals surface area (Å²) in [6.45, 7) is 4.46. The number of primary sulfonamides is 1. The lowest BCUT2D eigenvalue weighted by molar-refractivity contribution is -0.122. The highest BCUT2D eigenvalue weighted by Gasteiger charge is 2.50. The lowest BCUT2D eigenvalue weighted by Crippen LogP contribution is -2.29. The third-order valence-electron chi connectivity index (χ3n) is 2.73. The Morgan fingerprint density at radius 3 is 2.47 bits per heavy atom. The molecule has 0 aromatic rings. The number of hydrogen-bond acceptors (Lipinski definition) is 3. The highest BCUT2D eigenvalue weighted by Crippen LogP contribution is 2.51. The number of amides is 1. The van der Waals surface area contributed by atoms with E-state index in [2.05, 4.69) is 5.32 Å². The van der Waals surface area contributed by atoms with E-state index in [1.54, 1.807) is 0 Å². The Kier molecular flexibility index (Phi) is 3.40. The summed E-state index contributed by atoms with van der Waals surface area (Å²) in [5.41, 5.74) is 0.115. The molecule has 0 spiro atoms. The summed E-state index contributed by atoms with van der Waals surface area (Å²) in [6, 6.07) is 0. The van der Waals surface area contributed by atoms with Crippen molar-refractivity contribution in [1.29, 1.82) is 0 Å². The van der Waals surface area contributed by atoms with E-state index >= 15 is 0 Å². The van der Waals surface area contributed by atoms with Gasteiger partial charge in [0.25, 0.3) is 0 Å². The molecule has 0 radical (unpaired) electrons. The molecule has 1 unspecified atom stereocenters. The minimum atomic E-state index is -3.40. The highest BCUT2D eigenvalue weighted by molar-refractivity contribution is 7.89. The van der Waals surface area contributed by atoms with Crippen LogP contribution in [0.1, 0.15) is 26.7 Å². The summed E-state index contributed by atoms with van der Waals surface area (Å²) in [7, 11) is -3.40. The first-order chi connectivity index (χ1) is 6.72. The van der Waals surface area contributed by atoms with Gasteiger partial charge in [-0.3, -0.25) is 4.79 Å². The van der Waals surface area contributed by atoms with Crippen LogP contribution in [0.4, 0.5) is 0 Å². The molecule has 0 aromatic carbocycles. The molecule has 15 heavy (non-hydrogen) atoms. The Balaban J connectivity index is 2.14. The molecule has 0 aliphatic heterocycles. The van der Waals surface area contributed by atoms with Crippen LogP contribution in [0.5, 0.6) is 0 Å². The maximum atomic E-state index is 11.5. The molecule has 0 heterocycles. The summed E-state index contributed by atoms with van der Waals surface area (Å²) in [5, 5.41) is 7.54. The van der Waals surface area contributed by atoms with Crippen LogP contribution < -0.4 is 10.5 Å². The van der Waals surface area contributed by atoms with Gasteiger partial charge in [0, 0.05) is 12.5 Å². The minimum absolute atomic E-state index is 0.0226. The zero-order chi connectivity index (χ0) is 11.7. The molecule has 1 saturated carbocycles. The predicted octanol–water partition coefficient (Wildman–Crippen LogP) is -0.173. The lowest BCUT2D eigenvalue weighted by Gasteiger charge is -2.05. The molecule has 0 aromatic heterocycles. The van der Waals surface area contributed by atoms with Crippen molar-refractivity contribution in [2.45, 2.75) is 26.7 Å². The Morgan fingerprint density at radius 1 is 1.53 bits per heavy atom. The zero-order valence-electron chi connectivity index (χ0n) is 9.12. The van der Waals surface area contributed by atoms with E-state index < -0.39 is 10.0 Å². The van der Waals surface area contributed by atoms with Gasteiger partial charge >= 0.3 is 0 Å². The van der Waals surface area contributed by atoms with Gasteiger partial charge in [-0.2, -0.15) is 0 Å². The summed E-state index contributed by atoms with van der Waals surface area (Å²) in [6.07, 6.45) is 1.28. The van der Waals surface area contributed by atoms with Crippen molar-refractivity contribution in [3.63, 3.8) is 0 Å². The van der Waals surface area contributed by atoms with Crippen molar-refractivity contribution in [1.82, 2.24) is 5.32 Å². The molecule has 0 bridgehead atoms. The first-order valence-corrected chi connectivity index (χ1v) is 6.72. The van der Waals surface area contributed by atoms with Crippen molar-refractivity contribution in [2.75, 3.05) is 12.3 Å². The Bertz CT molecular complexity index is 348. The van der Waals surface area contributed by atoms with Crippen LogP contribution in [0.2, 0.25) is 0 Å². The molecule has 1 fully saturated rings. The van der Waals surface area contributed by atoms with Gasteiger partial charge in [-0.15, -0.1) is 0 Å². The average Bonchev–Trinajstić information content (AvgIpc) is 2.67. The van der Waals surface area contributed by atoms with E-state index in [9.17, 15) is 13.2 Å². The molecule has 1 rings (SSSR count). The van der Waals surface area contributed by atoms with Gasteiger partial charge in [-0.1, -0.05) is 13.8 Å². The maximum absolute atomic E-state index is 11.5. The Labute approximate surface area is 90.5 Å². The molecule has 0 saturated heterocycles. The van der Waals surface area contributed by atoms with E-state index in [1.165, 1.54) is 0 Å². The molecule has 1 atom stereocenters. The van der Waals surface area contributed by atoms with Crippen LogP contribution in [0.15, 0.2) is 0 Å². The SMILES string of the molecule is CC1(C)CC1C(=O)NCCCS(N)(=O)=O. The smallest absolute Gasteiger partial charge is 0.223 e. The van der Waals surface area contributed by atoms with Crippen molar-refractivity contribution in [2.24, 2.45) is 16.5 Å². The van der Waals surface area contributed by atoms with Crippen molar-refractivity contribution in [3.05, 3.63) is 0 Å². The van der Waals surface area contributed by atoms with E-state index in [0.29, 0.717) is 13.0 Å². The quantitative estimate of drug-likeness (QED) is 0.647. The average molecular weight is 234 g/mol. The van der Waals surface area contributed by atoms with E-state index in [-0.39, 0.29) is 23.0 Å². The highest BCUT2D eigenvalue weighted by atomic mass is 32.2. The molecule has 1 amide bonds. The standard InChI is InChI=1S/C9H18N2O3S/c1-9(2)6-7(9)8(12)11-4-3-5-15(10,13)14/h7H,3-6H2,1-2H3,(H,11,12)(H2,10,13,14). The zero-order valence-corrected chi connectivity index (χ0v) is 9.93. The van der Waals surface area contributed by atoms with Crippen LogP contribution in [0, 0.1) is 11.3 Å². The third-order valence-corrected chi connectivity index (χ3v) is 3.59. The molecule has 5 nitrogen and oxygen atoms in total. The van der Waals surface area contributed by atoms with Gasteiger partial charge in [0.15, 0.2) is 0 Å². The van der Waals surface area contributed by atoms with Crippen LogP contribution in [-0.4, -0.2) is 26.6 Å². The second kappa shape index (κ2) is 4.09. The van der Waals surface area contributed by atoms with Gasteiger partial charge in [0.2, 0.25) is 15.9 Å². The number of nitrogens with one attached hydrogen (secondary N) is 1. The molecular weight excluding hydrogens is 216 g/mol. The normalized spacial score (nSPS) is 23.5. The fourth-order valence-corrected chi connectivity index (χ4v) is 2.07. The first-order valence-electron chi connectivity index (χ1n) is 5.00. The van der Waals surface area contributed by atoms with Gasteiger partial charge in [0.05, 0.1) is 5.75 Å². The topological polar surface area (TPSA) is 89.3 Å². The largest absolute Gasteiger partial charge is 0.356 e. The number of nitrogens with two attached hydrogens (primary N) is 1. The summed E-state index contributed by atoms with van der Waals surface area (Å²) in [5.74, 6) is 0.0304. The van der Waals surface area contributed by atoms with Gasteiger partial charge in [-0.05, 0) is 18.3 Å². The fourth-order valence-electron chi connectivity index (χ4n) is 1.52. The number of carbonyl (C=O) groups is 1. The molecule has 6 heteroatoms. The van der Waals surface area contributed by atoms with Crippen molar-refractivity contribution < 1.29 is 13.2 Å². The molecule has 3 N–H and O–H groups in total. The lowest BCUT2D eigenvalue weighted by atomic mass is 10.1. The number of rotatable bonds is 5. The molecule has 88 valence electrons. The number of sulfonamides is 1. The molecule has 1 aliphatic rings. The van der Waals surface area contributed by atoms with Crippen LogP contribution >= 0.6 is 0 Å². The van der Waals surface area contributed by atoms with Crippen LogP contribution in [0.25, 0.3) is 0 Å². The molecular formula is C9H18N2O3S.